The third-order valence-corrected chi connectivity index (χ3v) is 7.24. The molecule has 6 rings (SSSR count). The maximum Gasteiger partial charge on any atom is 0.263 e. The van der Waals surface area contributed by atoms with E-state index in [1.807, 2.05) is 48.2 Å². The largest absolute Gasteiger partial charge is 0.354 e. The third kappa shape index (κ3) is 4.60. The maximum atomic E-state index is 13.2. The van der Waals surface area contributed by atoms with Crippen LogP contribution in [-0.4, -0.2) is 52.1 Å². The highest BCUT2D eigenvalue weighted by atomic mass is 16.5. The molecule has 3 aromatic carbocycles. The fourth-order valence-corrected chi connectivity index (χ4v) is 5.19. The van der Waals surface area contributed by atoms with Crippen LogP contribution in [0.2, 0.25) is 0 Å². The lowest BCUT2D eigenvalue weighted by Gasteiger charge is -2.24. The first kappa shape index (κ1) is 24.1. The fraction of sp³-hybridized carbons (Fsp3) is 0.290. The van der Waals surface area contributed by atoms with E-state index in [2.05, 4.69) is 47.3 Å². The quantitative estimate of drug-likeness (QED) is 0.289. The van der Waals surface area contributed by atoms with Crippen LogP contribution in [0.25, 0.3) is 33.1 Å². The molecule has 38 heavy (non-hydrogen) atoms. The van der Waals surface area contributed by atoms with Gasteiger partial charge < -0.3 is 14.3 Å². The number of benzene rings is 3. The first-order valence-electron chi connectivity index (χ1n) is 13.4. The standard InChI is InChI=1S/C31H31N5O2/c1-3-7-26-32-29(35-16-6-17-36(19-18-35)31(37)23-12-10-21(2)11-13-23)27-28(34-38-30(27)33-26)25-15-14-22-8-4-5-9-24(22)20-25/h4-5,8-15,20H,3,6-7,16-19H2,1-2H3. The number of carbonyl (C=O) groups is 1. The summed E-state index contributed by atoms with van der Waals surface area (Å²) in [5, 5.41) is 7.63. The smallest absolute Gasteiger partial charge is 0.263 e. The zero-order valence-electron chi connectivity index (χ0n) is 21.9. The van der Waals surface area contributed by atoms with Crippen molar-refractivity contribution >= 4 is 33.6 Å². The molecule has 2 aromatic heterocycles. The Bertz CT molecular complexity index is 1610. The van der Waals surface area contributed by atoms with E-state index in [0.29, 0.717) is 25.3 Å². The zero-order chi connectivity index (χ0) is 26.1. The molecule has 0 aliphatic carbocycles. The van der Waals surface area contributed by atoms with Crippen LogP contribution < -0.4 is 4.90 Å². The molecule has 0 atom stereocenters. The Balaban J connectivity index is 1.36. The van der Waals surface area contributed by atoms with Crippen molar-refractivity contribution in [3.05, 3.63) is 83.7 Å². The van der Waals surface area contributed by atoms with Gasteiger partial charge in [0.15, 0.2) is 0 Å². The molecule has 192 valence electrons. The molecule has 0 radical (unpaired) electrons. The van der Waals surface area contributed by atoms with Crippen LogP contribution in [0.5, 0.6) is 0 Å². The van der Waals surface area contributed by atoms with Crippen LogP contribution in [0, 0.1) is 6.92 Å². The molecule has 1 saturated heterocycles. The predicted octanol–water partition coefficient (Wildman–Crippen LogP) is 6.05. The van der Waals surface area contributed by atoms with Gasteiger partial charge in [0.1, 0.15) is 22.7 Å². The lowest BCUT2D eigenvalue weighted by atomic mass is 10.0. The van der Waals surface area contributed by atoms with Gasteiger partial charge in [0.2, 0.25) is 0 Å². The van der Waals surface area contributed by atoms with Gasteiger partial charge >= 0.3 is 0 Å². The molecular formula is C31H31N5O2. The zero-order valence-corrected chi connectivity index (χ0v) is 21.9. The van der Waals surface area contributed by atoms with E-state index < -0.39 is 0 Å². The second-order valence-electron chi connectivity index (χ2n) is 9.99. The molecule has 1 aliphatic rings. The highest BCUT2D eigenvalue weighted by Crippen LogP contribution is 2.35. The van der Waals surface area contributed by atoms with E-state index in [1.165, 1.54) is 5.39 Å². The van der Waals surface area contributed by atoms with Crippen LogP contribution >= 0.6 is 0 Å². The van der Waals surface area contributed by atoms with Crippen LogP contribution in [0.1, 0.15) is 41.5 Å². The van der Waals surface area contributed by atoms with Gasteiger partial charge in [-0.1, -0.05) is 66.2 Å². The summed E-state index contributed by atoms with van der Waals surface area (Å²) in [7, 11) is 0. The van der Waals surface area contributed by atoms with E-state index in [9.17, 15) is 4.79 Å². The van der Waals surface area contributed by atoms with Crippen molar-refractivity contribution in [1.82, 2.24) is 20.0 Å². The summed E-state index contributed by atoms with van der Waals surface area (Å²) in [4.78, 5) is 27.2. The number of hydrogen-bond acceptors (Lipinski definition) is 6. The summed E-state index contributed by atoms with van der Waals surface area (Å²) in [6.07, 6.45) is 2.55. The predicted molar refractivity (Wildman–Crippen MR) is 150 cm³/mol. The average Bonchev–Trinajstić information content (AvgIpc) is 3.21. The summed E-state index contributed by atoms with van der Waals surface area (Å²) >= 11 is 0. The number of aromatic nitrogens is 3. The Morgan fingerprint density at radius 1 is 0.921 bits per heavy atom. The summed E-state index contributed by atoms with van der Waals surface area (Å²) in [5.74, 6) is 1.67. The Kier molecular flexibility index (Phi) is 6.50. The lowest BCUT2D eigenvalue weighted by Crippen LogP contribution is -2.35. The topological polar surface area (TPSA) is 75.4 Å². The first-order chi connectivity index (χ1) is 18.6. The van der Waals surface area contributed by atoms with Gasteiger partial charge in [0, 0.05) is 43.7 Å². The molecular weight excluding hydrogens is 474 g/mol. The number of fused-ring (bicyclic) bond motifs is 2. The monoisotopic (exact) mass is 505 g/mol. The van der Waals surface area contributed by atoms with E-state index in [4.69, 9.17) is 14.5 Å². The van der Waals surface area contributed by atoms with Crippen molar-refractivity contribution in [2.24, 2.45) is 0 Å². The van der Waals surface area contributed by atoms with Crippen molar-refractivity contribution in [1.29, 1.82) is 0 Å². The van der Waals surface area contributed by atoms with Gasteiger partial charge in [-0.25, -0.2) is 4.98 Å². The average molecular weight is 506 g/mol. The molecule has 0 N–H and O–H groups in total. The second-order valence-corrected chi connectivity index (χ2v) is 9.99. The molecule has 5 aromatic rings. The first-order valence-corrected chi connectivity index (χ1v) is 13.4. The molecule has 1 aliphatic heterocycles. The summed E-state index contributed by atoms with van der Waals surface area (Å²) in [6.45, 7) is 6.95. The summed E-state index contributed by atoms with van der Waals surface area (Å²) in [6, 6.07) is 22.4. The minimum atomic E-state index is 0.0770. The van der Waals surface area contributed by atoms with Gasteiger partial charge in [-0.15, -0.1) is 0 Å². The summed E-state index contributed by atoms with van der Waals surface area (Å²) < 4.78 is 5.80. The molecule has 0 saturated carbocycles. The molecule has 1 fully saturated rings. The molecule has 0 bridgehead atoms. The molecule has 7 heteroatoms. The maximum absolute atomic E-state index is 13.2. The highest BCUT2D eigenvalue weighted by molar-refractivity contribution is 6.00. The van der Waals surface area contributed by atoms with Gasteiger partial charge in [-0.05, 0) is 48.7 Å². The Labute approximate surface area is 222 Å². The fourth-order valence-electron chi connectivity index (χ4n) is 5.19. The van der Waals surface area contributed by atoms with E-state index in [1.54, 1.807) is 0 Å². The number of rotatable bonds is 5. The minimum absolute atomic E-state index is 0.0770. The number of carbonyl (C=O) groups excluding carboxylic acids is 1. The van der Waals surface area contributed by atoms with E-state index >= 15 is 0 Å². The third-order valence-electron chi connectivity index (χ3n) is 7.24. The summed E-state index contributed by atoms with van der Waals surface area (Å²) in [5.41, 5.74) is 4.12. The number of aryl methyl sites for hydroxylation is 2. The van der Waals surface area contributed by atoms with Crippen molar-refractivity contribution in [3.8, 4) is 11.3 Å². The van der Waals surface area contributed by atoms with Crippen LogP contribution in [0.15, 0.2) is 71.3 Å². The lowest BCUT2D eigenvalue weighted by molar-refractivity contribution is 0.0767. The normalized spacial score (nSPS) is 14.3. The SMILES string of the molecule is CCCc1nc(N2CCCN(C(=O)c3ccc(C)cc3)CC2)c2c(-c3ccc4ccccc4c3)noc2n1. The molecule has 3 heterocycles. The molecule has 0 unspecified atom stereocenters. The number of hydrogen-bond donors (Lipinski definition) is 0. The van der Waals surface area contributed by atoms with E-state index in [0.717, 1.165) is 70.6 Å². The van der Waals surface area contributed by atoms with Crippen molar-refractivity contribution in [2.45, 2.75) is 33.1 Å². The molecule has 0 spiro atoms. The van der Waals surface area contributed by atoms with Crippen LogP contribution in [-0.2, 0) is 6.42 Å². The van der Waals surface area contributed by atoms with Gasteiger partial charge in [0.05, 0.1) is 0 Å². The van der Waals surface area contributed by atoms with Crippen LogP contribution in [0.3, 0.4) is 0 Å². The van der Waals surface area contributed by atoms with Gasteiger partial charge in [-0.2, -0.15) is 4.98 Å². The second kappa shape index (κ2) is 10.2. The molecule has 1 amide bonds. The van der Waals surface area contributed by atoms with Gasteiger partial charge in [0.25, 0.3) is 11.6 Å². The highest BCUT2D eigenvalue weighted by Gasteiger charge is 2.26. The van der Waals surface area contributed by atoms with Crippen molar-refractivity contribution in [3.63, 3.8) is 0 Å². The number of nitrogens with zero attached hydrogens (tertiary/aromatic N) is 5. The number of anilines is 1. The van der Waals surface area contributed by atoms with E-state index in [-0.39, 0.29) is 5.91 Å². The molecule has 7 nitrogen and oxygen atoms in total. The van der Waals surface area contributed by atoms with Crippen molar-refractivity contribution < 1.29 is 9.32 Å². The Hall–Kier alpha value is -4.26. The minimum Gasteiger partial charge on any atom is -0.354 e. The number of amides is 1. The Morgan fingerprint density at radius 2 is 1.74 bits per heavy atom. The Morgan fingerprint density at radius 3 is 2.55 bits per heavy atom. The van der Waals surface area contributed by atoms with Crippen LogP contribution in [0.4, 0.5) is 5.82 Å². The van der Waals surface area contributed by atoms with Gasteiger partial charge in [-0.3, -0.25) is 4.79 Å². The van der Waals surface area contributed by atoms with Crippen molar-refractivity contribution in [2.75, 3.05) is 31.1 Å².